The predicted molar refractivity (Wildman–Crippen MR) is 179 cm³/mol. The summed E-state index contributed by atoms with van der Waals surface area (Å²) in [6.07, 6.45) is -1.12. The second kappa shape index (κ2) is 17.3. The fourth-order valence-electron chi connectivity index (χ4n) is 5.41. The molecule has 2 aromatic carbocycles. The van der Waals surface area contributed by atoms with Gasteiger partial charge in [0, 0.05) is 33.5 Å². The number of carbonyl (C=O) groups is 2. The van der Waals surface area contributed by atoms with Crippen LogP contribution in [0.1, 0.15) is 61.2 Å². The minimum atomic E-state index is -1.21. The normalized spacial score (nSPS) is 15.6. The van der Waals surface area contributed by atoms with Crippen LogP contribution in [-0.2, 0) is 45.4 Å². The van der Waals surface area contributed by atoms with Gasteiger partial charge in [-0.05, 0) is 101 Å². The van der Waals surface area contributed by atoms with Crippen molar-refractivity contribution in [3.8, 4) is 21.9 Å². The van der Waals surface area contributed by atoms with Gasteiger partial charge < -0.3 is 54.2 Å². The summed E-state index contributed by atoms with van der Waals surface area (Å²) in [4.78, 5) is 33.4. The van der Waals surface area contributed by atoms with Gasteiger partial charge in [0.2, 0.25) is 5.13 Å². The molecule has 4 heterocycles. The van der Waals surface area contributed by atoms with Crippen molar-refractivity contribution >= 4 is 70.0 Å². The van der Waals surface area contributed by atoms with Crippen LogP contribution in [0.25, 0.3) is 0 Å². The van der Waals surface area contributed by atoms with Gasteiger partial charge in [0.15, 0.2) is 0 Å². The molecule has 0 fully saturated rings. The molecular weight excluding hydrogens is 754 g/mol. The molecule has 0 saturated heterocycles. The van der Waals surface area contributed by atoms with E-state index < -0.39 is 37.3 Å². The third kappa shape index (κ3) is 9.57. The number of benzene rings is 2. The maximum absolute atomic E-state index is 11.7. The zero-order valence-corrected chi connectivity index (χ0v) is 30.1. The molecule has 0 amide bonds. The van der Waals surface area contributed by atoms with Crippen molar-refractivity contribution in [2.24, 2.45) is 0 Å². The number of nitro groups is 1. The summed E-state index contributed by atoms with van der Waals surface area (Å²) < 4.78 is 31.9. The Morgan fingerprint density at radius 1 is 0.843 bits per heavy atom. The molecule has 51 heavy (non-hydrogen) atoms. The van der Waals surface area contributed by atoms with E-state index >= 15 is 0 Å². The fraction of sp³-hybridized carbons (Fsp3) is 0.357. The van der Waals surface area contributed by atoms with Crippen LogP contribution in [-0.4, -0.2) is 74.8 Å². The smallest absolute Gasteiger partial charge is 0.466 e. The Balaban J connectivity index is 0.000000225. The Kier molecular flexibility index (Phi) is 13.5. The van der Waals surface area contributed by atoms with Gasteiger partial charge in [-0.1, -0.05) is 5.10 Å². The number of nitrogens with two attached hydrogens (primary N) is 1. The molecule has 0 radical (unpaired) electrons. The molecule has 0 spiro atoms. The summed E-state index contributed by atoms with van der Waals surface area (Å²) in [5, 5.41) is 45.7. The van der Waals surface area contributed by atoms with E-state index in [1.54, 1.807) is 45.0 Å². The first-order valence-corrected chi connectivity index (χ1v) is 16.7. The van der Waals surface area contributed by atoms with E-state index in [1.165, 1.54) is 0 Å². The number of rotatable bonds is 11. The van der Waals surface area contributed by atoms with E-state index in [0.717, 1.165) is 28.0 Å². The van der Waals surface area contributed by atoms with Gasteiger partial charge in [-0.3, -0.25) is 9.59 Å². The number of fused-ring (bicyclic) bond motifs is 2. The molecule has 4 N–H and O–H groups in total. The van der Waals surface area contributed by atoms with Crippen LogP contribution in [0.2, 0.25) is 0 Å². The third-order valence-corrected chi connectivity index (χ3v) is 8.63. The van der Waals surface area contributed by atoms with Gasteiger partial charge in [-0.2, -0.15) is 0 Å². The number of nitrogens with zero attached hydrogens (tertiary/aromatic N) is 5. The monoisotopic (exact) mass is 784 g/mol. The average molecular weight is 784 g/mol. The number of esters is 2. The van der Waals surface area contributed by atoms with Crippen LogP contribution in [0.3, 0.4) is 0 Å². The maximum Gasteiger partial charge on any atom is 0.492 e. The summed E-state index contributed by atoms with van der Waals surface area (Å²) >= 11 is 1.81. The van der Waals surface area contributed by atoms with Gasteiger partial charge >= 0.3 is 41.7 Å². The van der Waals surface area contributed by atoms with E-state index in [4.69, 9.17) is 34.0 Å². The van der Waals surface area contributed by atoms with E-state index in [9.17, 15) is 29.8 Å². The number of anilines is 1. The number of nitrogen functional groups attached to an aromatic ring is 1. The molecule has 2 aromatic heterocycles. The average Bonchev–Trinajstić information content (AvgIpc) is 3.81. The summed E-state index contributed by atoms with van der Waals surface area (Å²) in [5.74, 6) is 0.0265. The van der Waals surface area contributed by atoms with Gasteiger partial charge in [0.25, 0.3) is 0 Å². The molecule has 2 atom stereocenters. The summed E-state index contributed by atoms with van der Waals surface area (Å²) in [6.45, 7) is 7.67. The Morgan fingerprint density at radius 3 is 1.69 bits per heavy atom. The third-order valence-electron chi connectivity index (χ3n) is 7.25. The molecule has 23 heteroatoms. The van der Waals surface area contributed by atoms with Crippen LogP contribution >= 0.6 is 22.7 Å². The number of aromatic nitrogens is 4. The predicted octanol–water partition coefficient (Wildman–Crippen LogP) is 2.19. The standard InChI is InChI=1S/C14H14BN3O7S.C14H16BN3O5S.Fe/c1-3-23-11(19)6-10-12-7(2)4-8(5-9(12)15(20)25-10)24-14-17-16-13(26-14)18(21)22;1-3-21-11(19)6-10-12-7(2)4-8(5-9(12)15(20)23-10)22-14-18-17-13(16)24-14;/h4-5,10,20H,3,6H2,1-2H3;4-5,10,20H,3,6H2,1-2H3,(H2,16,17);. The van der Waals surface area contributed by atoms with E-state index in [1.807, 2.05) is 6.92 Å². The number of hydrogen-bond donors (Lipinski definition) is 3. The van der Waals surface area contributed by atoms with Crippen LogP contribution in [0.5, 0.6) is 21.9 Å². The van der Waals surface area contributed by atoms with E-state index in [0.29, 0.717) is 56.3 Å². The van der Waals surface area contributed by atoms with E-state index in [-0.39, 0.29) is 52.8 Å². The largest absolute Gasteiger partial charge is 0.492 e. The van der Waals surface area contributed by atoms with Crippen molar-refractivity contribution in [3.63, 3.8) is 0 Å². The van der Waals surface area contributed by atoms with Gasteiger partial charge in [-0.15, -0.1) is 5.10 Å². The Hall–Kier alpha value is -4.21. The minimum absolute atomic E-state index is 0. The number of hydrogen-bond acceptors (Lipinski definition) is 19. The van der Waals surface area contributed by atoms with Crippen molar-refractivity contribution < 1.29 is 69.9 Å². The Bertz CT molecular complexity index is 1900. The van der Waals surface area contributed by atoms with Gasteiger partial charge in [0.1, 0.15) is 16.6 Å². The van der Waals surface area contributed by atoms with Crippen molar-refractivity contribution in [3.05, 3.63) is 56.6 Å². The number of ether oxygens (including phenoxy) is 4. The topological polar surface area (TPSA) is 251 Å². The quantitative estimate of drug-likeness (QED) is 0.0853. The van der Waals surface area contributed by atoms with Gasteiger partial charge in [-0.25, -0.2) is 0 Å². The molecular formula is C28H30B2FeN6O12S2. The molecule has 0 saturated carbocycles. The van der Waals surface area contributed by atoms with Crippen molar-refractivity contribution in [1.82, 2.24) is 20.4 Å². The Labute approximate surface area is 309 Å². The number of carbonyl (C=O) groups excluding carboxylic acids is 2. The molecule has 2 aliphatic heterocycles. The summed E-state index contributed by atoms with van der Waals surface area (Å²) in [5.41, 5.74) is 9.61. The van der Waals surface area contributed by atoms with E-state index in [2.05, 4.69) is 20.4 Å². The molecule has 6 rings (SSSR count). The van der Waals surface area contributed by atoms with Crippen LogP contribution in [0, 0.1) is 24.0 Å². The van der Waals surface area contributed by atoms with Crippen LogP contribution < -0.4 is 26.1 Å². The first kappa shape index (κ1) is 39.6. The minimum Gasteiger partial charge on any atom is -0.466 e. The van der Waals surface area contributed by atoms with Crippen molar-refractivity contribution in [2.75, 3.05) is 18.9 Å². The molecule has 0 aliphatic carbocycles. The molecule has 4 aromatic rings. The van der Waals surface area contributed by atoms with Crippen LogP contribution in [0.15, 0.2) is 24.3 Å². The fourth-order valence-corrected chi connectivity index (χ4v) is 6.42. The zero-order chi connectivity index (χ0) is 36.1. The molecule has 2 unspecified atom stereocenters. The van der Waals surface area contributed by atoms with Gasteiger partial charge in [0.05, 0.1) is 38.3 Å². The first-order chi connectivity index (χ1) is 23.9. The first-order valence-electron chi connectivity index (χ1n) is 15.1. The molecule has 18 nitrogen and oxygen atoms in total. The Morgan fingerprint density at radius 2 is 1.29 bits per heavy atom. The van der Waals surface area contributed by atoms with Crippen LogP contribution in [0.4, 0.5) is 10.3 Å². The number of aryl methyl sites for hydroxylation is 2. The summed E-state index contributed by atoms with van der Waals surface area (Å²) in [6, 6.07) is 6.67. The molecule has 270 valence electrons. The summed E-state index contributed by atoms with van der Waals surface area (Å²) in [7, 11) is -2.34. The zero-order valence-electron chi connectivity index (χ0n) is 27.4. The van der Waals surface area contributed by atoms with Crippen molar-refractivity contribution in [1.29, 1.82) is 0 Å². The molecule has 0 bridgehead atoms. The molecule has 2 aliphatic rings. The SMILES string of the molecule is CCOC(=O)CC1OB(O)c2cc(Oc3nnc(N)s3)cc(C)c21.CCOC(=O)CC1OB(O)c2cc(Oc3nnc([N+](=O)[O-])s3)cc(C)c21.[Fe]. The second-order valence-corrected chi connectivity index (χ2v) is 12.6. The second-order valence-electron chi connectivity index (χ2n) is 10.7. The maximum atomic E-state index is 11.7. The van der Waals surface area contributed by atoms with Crippen molar-refractivity contribution in [2.45, 2.75) is 52.7 Å².